The van der Waals surface area contributed by atoms with Gasteiger partial charge in [-0.1, -0.05) is 24.3 Å². The van der Waals surface area contributed by atoms with Crippen molar-refractivity contribution in [1.82, 2.24) is 19.6 Å². The lowest BCUT2D eigenvalue weighted by Gasteiger charge is -2.36. The Labute approximate surface area is 171 Å². The summed E-state index contributed by atoms with van der Waals surface area (Å²) in [7, 11) is 1.98. The summed E-state index contributed by atoms with van der Waals surface area (Å²) in [4.78, 5) is 17.7. The standard InChI is InChI=1S/C23H29FN4O/c1-26-21(9-12-25-26)17-27-14-10-19(11-15-27)22-4-2-3-13-28(23(22)29)16-18-5-7-20(24)8-6-18/h2-3,5-9,12,19,22H,4,10-11,13-17H2,1H3. The third kappa shape index (κ3) is 4.75. The number of carbonyl (C=O) groups is 1. The minimum atomic E-state index is -0.244. The van der Waals surface area contributed by atoms with Crippen molar-refractivity contribution >= 4 is 5.91 Å². The molecule has 0 saturated carbocycles. The first-order valence-corrected chi connectivity index (χ1v) is 10.5. The normalized spacial score (nSPS) is 21.5. The van der Waals surface area contributed by atoms with Crippen molar-refractivity contribution in [3.05, 3.63) is 65.8 Å². The van der Waals surface area contributed by atoms with Crippen LogP contribution in [0.15, 0.2) is 48.7 Å². The van der Waals surface area contributed by atoms with Crippen LogP contribution < -0.4 is 0 Å². The van der Waals surface area contributed by atoms with Crippen LogP contribution in [0.1, 0.15) is 30.5 Å². The van der Waals surface area contributed by atoms with Gasteiger partial charge in [-0.15, -0.1) is 0 Å². The number of hydrogen-bond donors (Lipinski definition) is 0. The van der Waals surface area contributed by atoms with Crippen LogP contribution in [0.25, 0.3) is 0 Å². The molecule has 2 aromatic rings. The molecule has 0 N–H and O–H groups in total. The van der Waals surface area contributed by atoms with Gasteiger partial charge >= 0.3 is 0 Å². The maximum Gasteiger partial charge on any atom is 0.226 e. The first-order valence-electron chi connectivity index (χ1n) is 10.5. The molecule has 0 spiro atoms. The second-order valence-corrected chi connectivity index (χ2v) is 8.22. The number of allylic oxidation sites excluding steroid dienone is 1. The fourth-order valence-electron chi connectivity index (χ4n) is 4.52. The van der Waals surface area contributed by atoms with E-state index in [9.17, 15) is 9.18 Å². The van der Waals surface area contributed by atoms with E-state index in [-0.39, 0.29) is 17.6 Å². The number of aryl methyl sites for hydroxylation is 1. The fraction of sp³-hybridized carbons (Fsp3) is 0.478. The molecule has 5 nitrogen and oxygen atoms in total. The van der Waals surface area contributed by atoms with Crippen LogP contribution in [0.4, 0.5) is 4.39 Å². The predicted octanol–water partition coefficient (Wildman–Crippen LogP) is 3.38. The van der Waals surface area contributed by atoms with Gasteiger partial charge in [0.1, 0.15) is 5.82 Å². The van der Waals surface area contributed by atoms with Crippen LogP contribution in [0.2, 0.25) is 0 Å². The second kappa shape index (κ2) is 8.91. The van der Waals surface area contributed by atoms with E-state index in [2.05, 4.69) is 28.2 Å². The number of nitrogens with zero attached hydrogens (tertiary/aromatic N) is 4. The molecule has 4 rings (SSSR count). The van der Waals surface area contributed by atoms with Crippen LogP contribution in [-0.2, 0) is 24.9 Å². The highest BCUT2D eigenvalue weighted by atomic mass is 19.1. The smallest absolute Gasteiger partial charge is 0.226 e. The van der Waals surface area contributed by atoms with Gasteiger partial charge in [-0.2, -0.15) is 5.10 Å². The highest BCUT2D eigenvalue weighted by Gasteiger charge is 2.34. The Morgan fingerprint density at radius 1 is 1.07 bits per heavy atom. The molecule has 0 aliphatic carbocycles. The van der Waals surface area contributed by atoms with E-state index in [0.29, 0.717) is 19.0 Å². The van der Waals surface area contributed by atoms with Gasteiger partial charge < -0.3 is 4.90 Å². The Morgan fingerprint density at radius 3 is 2.52 bits per heavy atom. The number of hydrogen-bond acceptors (Lipinski definition) is 3. The lowest BCUT2D eigenvalue weighted by atomic mass is 9.81. The number of carbonyl (C=O) groups excluding carboxylic acids is 1. The Bertz CT molecular complexity index is 852. The Kier molecular flexibility index (Phi) is 6.09. The number of benzene rings is 1. The number of aromatic nitrogens is 2. The van der Waals surface area contributed by atoms with Gasteiger partial charge in [0.25, 0.3) is 0 Å². The highest BCUT2D eigenvalue weighted by Crippen LogP contribution is 2.31. The molecule has 2 aliphatic heterocycles. The predicted molar refractivity (Wildman–Crippen MR) is 110 cm³/mol. The van der Waals surface area contributed by atoms with Crippen LogP contribution in [-0.4, -0.2) is 45.1 Å². The molecule has 29 heavy (non-hydrogen) atoms. The van der Waals surface area contributed by atoms with Crippen molar-refractivity contribution in [2.24, 2.45) is 18.9 Å². The number of likely N-dealkylation sites (tertiary alicyclic amines) is 1. The second-order valence-electron chi connectivity index (χ2n) is 8.22. The van der Waals surface area contributed by atoms with Gasteiger partial charge in [-0.25, -0.2) is 4.39 Å². The molecule has 1 fully saturated rings. The maximum absolute atomic E-state index is 13.3. The highest BCUT2D eigenvalue weighted by molar-refractivity contribution is 5.80. The number of amides is 1. The molecule has 2 aliphatic rings. The monoisotopic (exact) mass is 396 g/mol. The molecule has 154 valence electrons. The number of rotatable bonds is 5. The zero-order chi connectivity index (χ0) is 20.2. The molecule has 1 aromatic heterocycles. The molecule has 0 bridgehead atoms. The van der Waals surface area contributed by atoms with E-state index in [0.717, 1.165) is 44.5 Å². The summed E-state index contributed by atoms with van der Waals surface area (Å²) in [5, 5.41) is 4.25. The minimum Gasteiger partial charge on any atom is -0.334 e. The van der Waals surface area contributed by atoms with Crippen LogP contribution in [0, 0.1) is 17.7 Å². The van der Waals surface area contributed by atoms with Crippen molar-refractivity contribution in [2.45, 2.75) is 32.4 Å². The van der Waals surface area contributed by atoms with Crippen molar-refractivity contribution in [3.8, 4) is 0 Å². The molecule has 1 atom stereocenters. The molecule has 1 amide bonds. The summed E-state index contributed by atoms with van der Waals surface area (Å²) in [5.41, 5.74) is 2.20. The van der Waals surface area contributed by atoms with E-state index >= 15 is 0 Å². The molecule has 0 radical (unpaired) electrons. The summed E-state index contributed by atoms with van der Waals surface area (Å²) < 4.78 is 15.1. The van der Waals surface area contributed by atoms with Crippen molar-refractivity contribution in [3.63, 3.8) is 0 Å². The average molecular weight is 397 g/mol. The van der Waals surface area contributed by atoms with E-state index in [1.807, 2.05) is 22.8 Å². The zero-order valence-corrected chi connectivity index (χ0v) is 17.0. The van der Waals surface area contributed by atoms with Gasteiger partial charge in [-0.3, -0.25) is 14.4 Å². The van der Waals surface area contributed by atoms with Crippen LogP contribution in [0.3, 0.4) is 0 Å². The van der Waals surface area contributed by atoms with Crippen LogP contribution in [0.5, 0.6) is 0 Å². The summed E-state index contributed by atoms with van der Waals surface area (Å²) in [5.74, 6) is 0.466. The van der Waals surface area contributed by atoms with E-state index in [1.165, 1.54) is 17.8 Å². The molecule has 6 heteroatoms. The molecule has 1 aromatic carbocycles. The van der Waals surface area contributed by atoms with E-state index in [4.69, 9.17) is 0 Å². The summed E-state index contributed by atoms with van der Waals surface area (Å²) in [6.45, 7) is 4.12. The summed E-state index contributed by atoms with van der Waals surface area (Å²) in [6.07, 6.45) is 9.02. The van der Waals surface area contributed by atoms with Gasteiger partial charge in [0.2, 0.25) is 5.91 Å². The topological polar surface area (TPSA) is 41.4 Å². The van der Waals surface area contributed by atoms with Crippen molar-refractivity contribution in [2.75, 3.05) is 19.6 Å². The molecular weight excluding hydrogens is 367 g/mol. The van der Waals surface area contributed by atoms with Crippen molar-refractivity contribution in [1.29, 1.82) is 0 Å². The number of halogens is 1. The van der Waals surface area contributed by atoms with Crippen LogP contribution >= 0.6 is 0 Å². The van der Waals surface area contributed by atoms with E-state index in [1.54, 1.807) is 12.1 Å². The first-order chi connectivity index (χ1) is 14.1. The maximum atomic E-state index is 13.3. The Morgan fingerprint density at radius 2 is 1.83 bits per heavy atom. The quantitative estimate of drug-likeness (QED) is 0.728. The summed E-state index contributed by atoms with van der Waals surface area (Å²) in [6, 6.07) is 8.53. The lowest BCUT2D eigenvalue weighted by Crippen LogP contribution is -2.42. The summed E-state index contributed by atoms with van der Waals surface area (Å²) >= 11 is 0. The zero-order valence-electron chi connectivity index (χ0n) is 17.0. The van der Waals surface area contributed by atoms with Gasteiger partial charge in [0, 0.05) is 38.8 Å². The Balaban J connectivity index is 1.36. The minimum absolute atomic E-state index is 0.0491. The fourth-order valence-corrected chi connectivity index (χ4v) is 4.52. The largest absolute Gasteiger partial charge is 0.334 e. The molecule has 3 heterocycles. The SMILES string of the molecule is Cn1nccc1CN1CCC(C2CC=CCN(Cc3ccc(F)cc3)C2=O)CC1. The molecule has 1 saturated heterocycles. The third-order valence-corrected chi connectivity index (χ3v) is 6.31. The van der Waals surface area contributed by atoms with Gasteiger partial charge in [0.15, 0.2) is 0 Å². The first kappa shape index (κ1) is 19.8. The molecule has 1 unspecified atom stereocenters. The van der Waals surface area contributed by atoms with E-state index < -0.39 is 0 Å². The van der Waals surface area contributed by atoms with Crippen molar-refractivity contribution < 1.29 is 9.18 Å². The van der Waals surface area contributed by atoms with Gasteiger partial charge in [0.05, 0.1) is 5.69 Å². The number of piperidine rings is 1. The Hall–Kier alpha value is -2.47. The van der Waals surface area contributed by atoms with Gasteiger partial charge in [-0.05, 0) is 62.0 Å². The molecular formula is C23H29FN4O. The lowest BCUT2D eigenvalue weighted by molar-refractivity contribution is -0.137. The average Bonchev–Trinajstić information content (AvgIpc) is 3.04. The third-order valence-electron chi connectivity index (χ3n) is 6.31.